The fourth-order valence-electron chi connectivity index (χ4n) is 2.64. The first-order valence-corrected chi connectivity index (χ1v) is 8.02. The van der Waals surface area contributed by atoms with E-state index in [0.717, 1.165) is 42.5 Å². The van der Waals surface area contributed by atoms with Gasteiger partial charge in [0.05, 0.1) is 5.56 Å². The molecule has 4 heteroatoms. The molecule has 1 aliphatic carbocycles. The van der Waals surface area contributed by atoms with Crippen LogP contribution in [0.15, 0.2) is 18.2 Å². The molecule has 2 rings (SSSR count). The zero-order valence-corrected chi connectivity index (χ0v) is 13.4. The third-order valence-electron chi connectivity index (χ3n) is 3.94. The molecule has 0 aromatic heterocycles. The first-order valence-electron chi connectivity index (χ1n) is 8.02. The number of rotatable bonds is 8. The van der Waals surface area contributed by atoms with Crippen molar-refractivity contribution in [2.45, 2.75) is 39.7 Å². The number of carbonyl (C=O) groups excluding carboxylic acids is 1. The van der Waals surface area contributed by atoms with Crippen LogP contribution in [-0.2, 0) is 0 Å². The summed E-state index contributed by atoms with van der Waals surface area (Å²) in [6.45, 7) is 9.79. The summed E-state index contributed by atoms with van der Waals surface area (Å²) in [6.07, 6.45) is 2.62. The molecule has 0 unspecified atom stereocenters. The molecular formula is C17H27N3O. The monoisotopic (exact) mass is 289 g/mol. The van der Waals surface area contributed by atoms with E-state index >= 15 is 0 Å². The van der Waals surface area contributed by atoms with E-state index < -0.39 is 0 Å². The van der Waals surface area contributed by atoms with Crippen molar-refractivity contribution in [3.8, 4) is 0 Å². The van der Waals surface area contributed by atoms with E-state index in [0.29, 0.717) is 6.54 Å². The molecule has 0 radical (unpaired) electrons. The third-order valence-corrected chi connectivity index (χ3v) is 3.94. The van der Waals surface area contributed by atoms with Gasteiger partial charge in [0, 0.05) is 31.4 Å². The Morgan fingerprint density at radius 2 is 2.10 bits per heavy atom. The maximum absolute atomic E-state index is 12.3. The van der Waals surface area contributed by atoms with E-state index in [4.69, 9.17) is 0 Å². The van der Waals surface area contributed by atoms with E-state index in [2.05, 4.69) is 22.5 Å². The van der Waals surface area contributed by atoms with Crippen LogP contribution in [0.1, 0.15) is 42.6 Å². The van der Waals surface area contributed by atoms with Crippen LogP contribution in [0.3, 0.4) is 0 Å². The zero-order valence-electron chi connectivity index (χ0n) is 13.4. The highest BCUT2D eigenvalue weighted by Gasteiger charge is 2.27. The van der Waals surface area contributed by atoms with Crippen LogP contribution in [0.5, 0.6) is 0 Å². The number of likely N-dealkylation sites (N-methyl/N-ethyl adjacent to an activating group) is 1. The van der Waals surface area contributed by atoms with Gasteiger partial charge in [0.2, 0.25) is 0 Å². The Bertz CT molecular complexity index is 483. The molecule has 0 bridgehead atoms. The fourth-order valence-corrected chi connectivity index (χ4v) is 2.64. The molecular weight excluding hydrogens is 262 g/mol. The van der Waals surface area contributed by atoms with Crippen molar-refractivity contribution >= 4 is 11.6 Å². The SMILES string of the molecule is CCNc1cc(C)ccc1C(=O)NCCN(CC)C1CC1. The average Bonchev–Trinajstić information content (AvgIpc) is 3.28. The molecule has 0 aliphatic heterocycles. The zero-order chi connectivity index (χ0) is 15.2. The summed E-state index contributed by atoms with van der Waals surface area (Å²) in [6, 6.07) is 6.67. The summed E-state index contributed by atoms with van der Waals surface area (Å²) in [7, 11) is 0. The van der Waals surface area contributed by atoms with E-state index in [1.165, 1.54) is 12.8 Å². The topological polar surface area (TPSA) is 44.4 Å². The Labute approximate surface area is 127 Å². The fraction of sp³-hybridized carbons (Fsp3) is 0.588. The largest absolute Gasteiger partial charge is 0.385 e. The maximum Gasteiger partial charge on any atom is 0.253 e. The minimum atomic E-state index is 0.0119. The number of hydrogen-bond donors (Lipinski definition) is 2. The van der Waals surface area contributed by atoms with Crippen LogP contribution in [0.2, 0.25) is 0 Å². The molecule has 1 amide bonds. The van der Waals surface area contributed by atoms with Gasteiger partial charge in [0.15, 0.2) is 0 Å². The second-order valence-electron chi connectivity index (χ2n) is 5.70. The summed E-state index contributed by atoms with van der Waals surface area (Å²) in [5, 5.41) is 6.31. The van der Waals surface area contributed by atoms with Gasteiger partial charge in [0.25, 0.3) is 5.91 Å². The normalized spacial score (nSPS) is 14.3. The summed E-state index contributed by atoms with van der Waals surface area (Å²) in [5.74, 6) is 0.0119. The van der Waals surface area contributed by atoms with E-state index in [9.17, 15) is 4.79 Å². The number of nitrogens with one attached hydrogen (secondary N) is 2. The lowest BCUT2D eigenvalue weighted by Crippen LogP contribution is -2.36. The summed E-state index contributed by atoms with van der Waals surface area (Å²) in [4.78, 5) is 14.8. The first kappa shape index (κ1) is 15.8. The number of carbonyl (C=O) groups is 1. The average molecular weight is 289 g/mol. The highest BCUT2D eigenvalue weighted by molar-refractivity contribution is 5.99. The Kier molecular flexibility index (Phi) is 5.62. The van der Waals surface area contributed by atoms with Crippen molar-refractivity contribution in [2.24, 2.45) is 0 Å². The Balaban J connectivity index is 1.90. The molecule has 0 spiro atoms. The molecule has 1 aromatic carbocycles. The molecule has 1 aliphatic rings. The van der Waals surface area contributed by atoms with Gasteiger partial charge in [0.1, 0.15) is 0 Å². The lowest BCUT2D eigenvalue weighted by Gasteiger charge is -2.20. The second kappa shape index (κ2) is 7.46. The number of anilines is 1. The summed E-state index contributed by atoms with van der Waals surface area (Å²) >= 11 is 0. The minimum absolute atomic E-state index is 0.0119. The van der Waals surface area contributed by atoms with Crippen molar-refractivity contribution < 1.29 is 4.79 Å². The highest BCUT2D eigenvalue weighted by atomic mass is 16.1. The van der Waals surface area contributed by atoms with Crippen LogP contribution in [-0.4, -0.2) is 43.0 Å². The molecule has 0 atom stereocenters. The highest BCUT2D eigenvalue weighted by Crippen LogP contribution is 2.25. The third kappa shape index (κ3) is 4.46. The van der Waals surface area contributed by atoms with Crippen LogP contribution in [0, 0.1) is 6.92 Å². The standard InChI is InChI=1S/C17H27N3O/c1-4-18-16-12-13(3)6-9-15(16)17(21)19-10-11-20(5-2)14-7-8-14/h6,9,12,14,18H,4-5,7-8,10-11H2,1-3H3,(H,19,21). The smallest absolute Gasteiger partial charge is 0.253 e. The molecule has 4 nitrogen and oxygen atoms in total. The molecule has 1 saturated carbocycles. The minimum Gasteiger partial charge on any atom is -0.385 e. The van der Waals surface area contributed by atoms with Gasteiger partial charge < -0.3 is 10.6 Å². The number of amides is 1. The van der Waals surface area contributed by atoms with Gasteiger partial charge >= 0.3 is 0 Å². The number of nitrogens with zero attached hydrogens (tertiary/aromatic N) is 1. The first-order chi connectivity index (χ1) is 10.2. The van der Waals surface area contributed by atoms with Crippen molar-refractivity contribution in [1.82, 2.24) is 10.2 Å². The predicted molar refractivity (Wildman–Crippen MR) is 87.9 cm³/mol. The molecule has 1 aromatic rings. The Hall–Kier alpha value is -1.55. The van der Waals surface area contributed by atoms with Gasteiger partial charge in [-0.05, 0) is 50.9 Å². The number of hydrogen-bond acceptors (Lipinski definition) is 3. The molecule has 116 valence electrons. The molecule has 0 saturated heterocycles. The maximum atomic E-state index is 12.3. The van der Waals surface area contributed by atoms with E-state index in [1.54, 1.807) is 0 Å². The van der Waals surface area contributed by atoms with Gasteiger partial charge in [-0.25, -0.2) is 0 Å². The molecule has 1 fully saturated rings. The summed E-state index contributed by atoms with van der Waals surface area (Å²) < 4.78 is 0. The van der Waals surface area contributed by atoms with Crippen LogP contribution >= 0.6 is 0 Å². The van der Waals surface area contributed by atoms with Crippen LogP contribution < -0.4 is 10.6 Å². The number of aryl methyl sites for hydroxylation is 1. The van der Waals surface area contributed by atoms with E-state index in [1.807, 2.05) is 32.0 Å². The lowest BCUT2D eigenvalue weighted by molar-refractivity contribution is 0.0948. The van der Waals surface area contributed by atoms with Crippen molar-refractivity contribution in [3.63, 3.8) is 0 Å². The lowest BCUT2D eigenvalue weighted by atomic mass is 10.1. The van der Waals surface area contributed by atoms with Crippen LogP contribution in [0.25, 0.3) is 0 Å². The van der Waals surface area contributed by atoms with Crippen molar-refractivity contribution in [3.05, 3.63) is 29.3 Å². The van der Waals surface area contributed by atoms with Gasteiger partial charge in [-0.1, -0.05) is 13.0 Å². The molecule has 21 heavy (non-hydrogen) atoms. The van der Waals surface area contributed by atoms with Gasteiger partial charge in [-0.3, -0.25) is 9.69 Å². The van der Waals surface area contributed by atoms with Gasteiger partial charge in [-0.15, -0.1) is 0 Å². The van der Waals surface area contributed by atoms with Crippen LogP contribution in [0.4, 0.5) is 5.69 Å². The quantitative estimate of drug-likeness (QED) is 0.773. The summed E-state index contributed by atoms with van der Waals surface area (Å²) in [5.41, 5.74) is 2.81. The second-order valence-corrected chi connectivity index (χ2v) is 5.70. The van der Waals surface area contributed by atoms with E-state index in [-0.39, 0.29) is 5.91 Å². The van der Waals surface area contributed by atoms with Crippen molar-refractivity contribution in [1.29, 1.82) is 0 Å². The molecule has 2 N–H and O–H groups in total. The Morgan fingerprint density at radius 1 is 1.33 bits per heavy atom. The number of benzene rings is 1. The molecule has 0 heterocycles. The van der Waals surface area contributed by atoms with Crippen molar-refractivity contribution in [2.75, 3.05) is 31.5 Å². The van der Waals surface area contributed by atoms with Gasteiger partial charge in [-0.2, -0.15) is 0 Å². The predicted octanol–water partition coefficient (Wildman–Crippen LogP) is 2.64. The Morgan fingerprint density at radius 3 is 2.71 bits per heavy atom.